The second-order valence-electron chi connectivity index (χ2n) is 7.33. The number of hydrogen-bond acceptors (Lipinski definition) is 5. The number of guanidine groups is 1. The maximum absolute atomic E-state index is 5.43. The minimum atomic E-state index is 0.634. The number of anilines is 1. The molecule has 3 rings (SSSR count). The highest BCUT2D eigenvalue weighted by molar-refractivity contribution is 5.79. The van der Waals surface area contributed by atoms with Crippen molar-refractivity contribution in [2.45, 2.75) is 19.9 Å². The Kier molecular flexibility index (Phi) is 8.84. The zero-order valence-electron chi connectivity index (χ0n) is 18.8. The number of rotatable bonds is 9. The molecule has 1 fully saturated rings. The summed E-state index contributed by atoms with van der Waals surface area (Å²) in [6.07, 6.45) is 0.860. The molecule has 0 saturated carbocycles. The fraction of sp³-hybridized carbons (Fsp3) is 0.458. The SMILES string of the molecule is CCNC(=NCc1ccc(N2CCOCC2)cc1)NCCc1ccc(OC)c(OC)c1. The van der Waals surface area contributed by atoms with Crippen molar-refractivity contribution in [2.75, 3.05) is 58.5 Å². The third kappa shape index (κ3) is 6.79. The first-order valence-corrected chi connectivity index (χ1v) is 10.9. The van der Waals surface area contributed by atoms with Gasteiger partial charge in [0.25, 0.3) is 0 Å². The van der Waals surface area contributed by atoms with Crippen molar-refractivity contribution in [3.8, 4) is 11.5 Å². The molecule has 7 heteroatoms. The molecule has 2 N–H and O–H groups in total. The second kappa shape index (κ2) is 12.1. The summed E-state index contributed by atoms with van der Waals surface area (Å²) in [5.41, 5.74) is 3.62. The molecule has 31 heavy (non-hydrogen) atoms. The summed E-state index contributed by atoms with van der Waals surface area (Å²) < 4.78 is 16.1. The van der Waals surface area contributed by atoms with Crippen molar-refractivity contribution in [1.82, 2.24) is 10.6 Å². The Morgan fingerprint density at radius 1 is 0.968 bits per heavy atom. The highest BCUT2D eigenvalue weighted by atomic mass is 16.5. The molecular weight excluding hydrogens is 392 g/mol. The van der Waals surface area contributed by atoms with E-state index in [9.17, 15) is 0 Å². The highest BCUT2D eigenvalue weighted by Crippen LogP contribution is 2.27. The summed E-state index contributed by atoms with van der Waals surface area (Å²) in [7, 11) is 3.30. The third-order valence-electron chi connectivity index (χ3n) is 5.23. The lowest BCUT2D eigenvalue weighted by molar-refractivity contribution is 0.122. The number of hydrogen-bond donors (Lipinski definition) is 2. The van der Waals surface area contributed by atoms with Crippen molar-refractivity contribution in [3.05, 3.63) is 53.6 Å². The Bertz CT molecular complexity index is 833. The zero-order chi connectivity index (χ0) is 21.9. The van der Waals surface area contributed by atoms with Crippen molar-refractivity contribution < 1.29 is 14.2 Å². The normalized spacial score (nSPS) is 14.3. The van der Waals surface area contributed by atoms with Gasteiger partial charge in [-0.25, -0.2) is 4.99 Å². The molecule has 7 nitrogen and oxygen atoms in total. The van der Waals surface area contributed by atoms with Gasteiger partial charge < -0.3 is 29.7 Å². The molecular formula is C24H34N4O3. The van der Waals surface area contributed by atoms with Crippen molar-refractivity contribution in [2.24, 2.45) is 4.99 Å². The van der Waals surface area contributed by atoms with Gasteiger partial charge >= 0.3 is 0 Å². The fourth-order valence-electron chi connectivity index (χ4n) is 3.51. The van der Waals surface area contributed by atoms with E-state index in [0.29, 0.717) is 6.54 Å². The van der Waals surface area contributed by atoms with Gasteiger partial charge in [0.15, 0.2) is 17.5 Å². The summed E-state index contributed by atoms with van der Waals surface area (Å²) >= 11 is 0. The molecule has 1 aliphatic rings. The van der Waals surface area contributed by atoms with Gasteiger partial charge in [0.05, 0.1) is 34.0 Å². The van der Waals surface area contributed by atoms with Gasteiger partial charge in [-0.05, 0) is 48.7 Å². The van der Waals surface area contributed by atoms with Crippen LogP contribution in [0.15, 0.2) is 47.5 Å². The average molecular weight is 427 g/mol. The number of methoxy groups -OCH3 is 2. The summed E-state index contributed by atoms with van der Waals surface area (Å²) in [6, 6.07) is 14.7. The van der Waals surface area contributed by atoms with Crippen LogP contribution in [0.4, 0.5) is 5.69 Å². The third-order valence-corrected chi connectivity index (χ3v) is 5.23. The molecule has 0 aliphatic carbocycles. The Morgan fingerprint density at radius 3 is 2.35 bits per heavy atom. The highest BCUT2D eigenvalue weighted by Gasteiger charge is 2.10. The van der Waals surface area contributed by atoms with Crippen molar-refractivity contribution in [1.29, 1.82) is 0 Å². The second-order valence-corrected chi connectivity index (χ2v) is 7.33. The molecule has 1 aliphatic heterocycles. The molecule has 2 aromatic carbocycles. The Balaban J connectivity index is 1.52. The number of aliphatic imine (C=N–C) groups is 1. The molecule has 168 valence electrons. The predicted molar refractivity (Wildman–Crippen MR) is 126 cm³/mol. The van der Waals surface area contributed by atoms with Crippen LogP contribution < -0.4 is 25.0 Å². The van der Waals surface area contributed by atoms with Gasteiger partial charge in [-0.3, -0.25) is 0 Å². The lowest BCUT2D eigenvalue weighted by Crippen LogP contribution is -2.38. The van der Waals surface area contributed by atoms with Crippen molar-refractivity contribution >= 4 is 11.6 Å². The minimum absolute atomic E-state index is 0.634. The monoisotopic (exact) mass is 426 g/mol. The number of nitrogens with one attached hydrogen (secondary N) is 2. The first-order valence-electron chi connectivity index (χ1n) is 10.9. The maximum Gasteiger partial charge on any atom is 0.191 e. The van der Waals surface area contributed by atoms with Crippen LogP contribution >= 0.6 is 0 Å². The van der Waals surface area contributed by atoms with E-state index in [1.807, 2.05) is 12.1 Å². The molecule has 0 aromatic heterocycles. The van der Waals surface area contributed by atoms with Crippen molar-refractivity contribution in [3.63, 3.8) is 0 Å². The maximum atomic E-state index is 5.43. The smallest absolute Gasteiger partial charge is 0.191 e. The van der Waals surface area contributed by atoms with E-state index in [4.69, 9.17) is 19.2 Å². The summed E-state index contributed by atoms with van der Waals surface area (Å²) in [5.74, 6) is 2.31. The molecule has 0 atom stereocenters. The predicted octanol–water partition coefficient (Wildman–Crippen LogP) is 2.84. The lowest BCUT2D eigenvalue weighted by atomic mass is 10.1. The fourth-order valence-corrected chi connectivity index (χ4v) is 3.51. The molecule has 0 unspecified atom stereocenters. The van der Waals surface area contributed by atoms with Gasteiger partial charge in [-0.1, -0.05) is 18.2 Å². The van der Waals surface area contributed by atoms with Gasteiger partial charge in [-0.2, -0.15) is 0 Å². The molecule has 1 saturated heterocycles. The van der Waals surface area contributed by atoms with Gasteiger partial charge in [-0.15, -0.1) is 0 Å². The molecule has 0 radical (unpaired) electrons. The van der Waals surface area contributed by atoms with Gasteiger partial charge in [0.2, 0.25) is 0 Å². The summed E-state index contributed by atoms with van der Waals surface area (Å²) in [4.78, 5) is 7.09. The first-order chi connectivity index (χ1) is 15.2. The summed E-state index contributed by atoms with van der Waals surface area (Å²) in [6.45, 7) is 7.80. The van der Waals surface area contributed by atoms with E-state index in [0.717, 1.165) is 63.3 Å². The van der Waals surface area contributed by atoms with Crippen LogP contribution in [0.25, 0.3) is 0 Å². The molecule has 1 heterocycles. The van der Waals surface area contributed by atoms with E-state index < -0.39 is 0 Å². The number of morpholine rings is 1. The Hall–Kier alpha value is -2.93. The van der Waals surface area contributed by atoms with Crippen LogP contribution in [0.5, 0.6) is 11.5 Å². The van der Waals surface area contributed by atoms with E-state index in [1.54, 1.807) is 14.2 Å². The zero-order valence-corrected chi connectivity index (χ0v) is 18.8. The van der Waals surface area contributed by atoms with E-state index >= 15 is 0 Å². The molecule has 0 amide bonds. The van der Waals surface area contributed by atoms with Crippen LogP contribution in [0.1, 0.15) is 18.1 Å². The quantitative estimate of drug-likeness (QED) is 0.475. The molecule has 2 aromatic rings. The lowest BCUT2D eigenvalue weighted by Gasteiger charge is -2.28. The van der Waals surface area contributed by atoms with Gasteiger partial charge in [0.1, 0.15) is 0 Å². The largest absolute Gasteiger partial charge is 0.493 e. The first kappa shape index (κ1) is 22.7. The van der Waals surface area contributed by atoms with E-state index in [1.165, 1.54) is 16.8 Å². The minimum Gasteiger partial charge on any atom is -0.493 e. The van der Waals surface area contributed by atoms with Crippen LogP contribution in [0.2, 0.25) is 0 Å². The number of nitrogens with zero attached hydrogens (tertiary/aromatic N) is 2. The topological polar surface area (TPSA) is 67.4 Å². The van der Waals surface area contributed by atoms with E-state index in [-0.39, 0.29) is 0 Å². The van der Waals surface area contributed by atoms with Crippen LogP contribution in [-0.2, 0) is 17.7 Å². The average Bonchev–Trinajstić information content (AvgIpc) is 2.83. The number of ether oxygens (including phenoxy) is 3. The molecule has 0 bridgehead atoms. The Morgan fingerprint density at radius 2 is 1.68 bits per heavy atom. The summed E-state index contributed by atoms with van der Waals surface area (Å²) in [5, 5.41) is 6.73. The molecule has 0 spiro atoms. The van der Waals surface area contributed by atoms with Gasteiger partial charge in [0, 0.05) is 31.9 Å². The standard InChI is InChI=1S/C24H34N4O3/c1-4-25-24(26-12-11-19-7-10-22(29-2)23(17-19)30-3)27-18-20-5-8-21(9-6-20)28-13-15-31-16-14-28/h5-10,17H,4,11-16,18H2,1-3H3,(H2,25,26,27). The number of benzene rings is 2. The van der Waals surface area contributed by atoms with E-state index in [2.05, 4.69) is 52.8 Å². The Labute approximate surface area is 185 Å². The van der Waals surface area contributed by atoms with Crippen LogP contribution in [0.3, 0.4) is 0 Å². The van der Waals surface area contributed by atoms with Crippen LogP contribution in [0, 0.1) is 0 Å². The van der Waals surface area contributed by atoms with Crippen LogP contribution in [-0.4, -0.2) is 59.6 Å².